The van der Waals surface area contributed by atoms with Gasteiger partial charge in [0, 0.05) is 26.5 Å². The molecule has 1 atom stereocenters. The van der Waals surface area contributed by atoms with Crippen molar-refractivity contribution in [1.29, 1.82) is 0 Å². The Bertz CT molecular complexity index is 1260. The number of imidazole rings is 1. The molecule has 8 heteroatoms. The van der Waals surface area contributed by atoms with Crippen molar-refractivity contribution in [2.45, 2.75) is 19.4 Å². The first kappa shape index (κ1) is 23.3. The van der Waals surface area contributed by atoms with Crippen LogP contribution in [0, 0.1) is 6.92 Å². The molecule has 1 unspecified atom stereocenters. The maximum Gasteiger partial charge on any atom is 0.295 e. The van der Waals surface area contributed by atoms with Crippen LogP contribution < -0.4 is 4.74 Å². The third-order valence-corrected chi connectivity index (χ3v) is 5.78. The Morgan fingerprint density at radius 3 is 2.68 bits per heavy atom. The lowest BCUT2D eigenvalue weighted by Gasteiger charge is -2.25. The Hall–Kier alpha value is -3.91. The van der Waals surface area contributed by atoms with Crippen LogP contribution in [0.25, 0.3) is 11.4 Å². The van der Waals surface area contributed by atoms with Crippen LogP contribution in [-0.4, -0.2) is 57.9 Å². The lowest BCUT2D eigenvalue weighted by atomic mass is 9.96. The average molecular weight is 462 g/mol. The highest BCUT2D eigenvalue weighted by atomic mass is 16.5. The molecule has 1 N–H and O–H groups in total. The predicted molar refractivity (Wildman–Crippen MR) is 128 cm³/mol. The van der Waals surface area contributed by atoms with Crippen LogP contribution in [0.1, 0.15) is 29.4 Å². The number of Topliss-reactive ketones (excluding diaryl/α,β-unsaturated/α-hetero) is 1. The molecule has 3 heterocycles. The van der Waals surface area contributed by atoms with E-state index in [0.717, 1.165) is 0 Å². The lowest BCUT2D eigenvalue weighted by Crippen LogP contribution is -2.31. The second-order valence-electron chi connectivity index (χ2n) is 7.98. The highest BCUT2D eigenvalue weighted by Gasteiger charge is 2.46. The summed E-state index contributed by atoms with van der Waals surface area (Å²) in [7, 11) is 1.58. The van der Waals surface area contributed by atoms with Crippen molar-refractivity contribution in [2.75, 3.05) is 26.9 Å². The van der Waals surface area contributed by atoms with Crippen molar-refractivity contribution in [2.24, 2.45) is 0 Å². The van der Waals surface area contributed by atoms with Crippen LogP contribution in [0.4, 0.5) is 0 Å². The summed E-state index contributed by atoms with van der Waals surface area (Å²) in [6.45, 7) is 6.51. The van der Waals surface area contributed by atoms with E-state index in [4.69, 9.17) is 9.47 Å². The zero-order valence-corrected chi connectivity index (χ0v) is 19.2. The van der Waals surface area contributed by atoms with Crippen LogP contribution in [-0.2, 0) is 14.3 Å². The number of aliphatic hydroxyl groups excluding tert-OH is 1. The molecule has 4 rings (SSSR count). The first-order valence-electron chi connectivity index (χ1n) is 11.0. The maximum atomic E-state index is 13.2. The van der Waals surface area contributed by atoms with Crippen LogP contribution in [0.15, 0.2) is 66.9 Å². The van der Waals surface area contributed by atoms with Crippen molar-refractivity contribution < 1.29 is 24.2 Å². The predicted octanol–water partition coefficient (Wildman–Crippen LogP) is 3.67. The number of hydrogen-bond donors (Lipinski definition) is 1. The van der Waals surface area contributed by atoms with E-state index in [2.05, 4.69) is 11.6 Å². The molecule has 176 valence electrons. The van der Waals surface area contributed by atoms with E-state index in [-0.39, 0.29) is 11.3 Å². The van der Waals surface area contributed by atoms with E-state index in [9.17, 15) is 14.7 Å². The molecule has 0 spiro atoms. The van der Waals surface area contributed by atoms with Gasteiger partial charge in [0.15, 0.2) is 5.76 Å². The molecule has 1 amide bonds. The van der Waals surface area contributed by atoms with E-state index in [1.165, 1.54) is 4.90 Å². The van der Waals surface area contributed by atoms with Crippen molar-refractivity contribution in [3.8, 4) is 5.75 Å². The SMILES string of the molecule is C=CCOc1ccc(C2/C(=C(\O)c3c(C)nc4ccccn34)C(=O)C(=O)N2CCCOC)cc1. The fourth-order valence-corrected chi connectivity index (χ4v) is 4.26. The number of ketones is 1. The summed E-state index contributed by atoms with van der Waals surface area (Å²) in [5.41, 5.74) is 2.31. The molecular formula is C26H27N3O5. The van der Waals surface area contributed by atoms with Gasteiger partial charge >= 0.3 is 0 Å². The van der Waals surface area contributed by atoms with Gasteiger partial charge in [-0.1, -0.05) is 30.9 Å². The van der Waals surface area contributed by atoms with Crippen LogP contribution in [0.3, 0.4) is 0 Å². The van der Waals surface area contributed by atoms with Crippen molar-refractivity contribution in [3.63, 3.8) is 0 Å². The normalized spacial score (nSPS) is 17.5. The fourth-order valence-electron chi connectivity index (χ4n) is 4.26. The molecule has 1 fully saturated rings. The summed E-state index contributed by atoms with van der Waals surface area (Å²) >= 11 is 0. The number of carbonyl (C=O) groups is 2. The number of benzene rings is 1. The molecule has 2 aromatic heterocycles. The zero-order valence-electron chi connectivity index (χ0n) is 19.2. The van der Waals surface area contributed by atoms with Gasteiger partial charge in [-0.25, -0.2) is 4.98 Å². The van der Waals surface area contributed by atoms with Gasteiger partial charge in [0.05, 0.1) is 17.3 Å². The molecule has 0 aliphatic carbocycles. The van der Waals surface area contributed by atoms with E-state index >= 15 is 0 Å². The van der Waals surface area contributed by atoms with Gasteiger partial charge in [-0.3, -0.25) is 14.0 Å². The third-order valence-electron chi connectivity index (χ3n) is 5.78. The monoisotopic (exact) mass is 461 g/mol. The number of nitrogens with zero attached hydrogens (tertiary/aromatic N) is 3. The van der Waals surface area contributed by atoms with Gasteiger partial charge < -0.3 is 19.5 Å². The number of carbonyl (C=O) groups excluding carboxylic acids is 2. The number of amides is 1. The number of aryl methyl sites for hydroxylation is 1. The largest absolute Gasteiger partial charge is 0.505 e. The van der Waals surface area contributed by atoms with Crippen LogP contribution in [0.2, 0.25) is 0 Å². The average Bonchev–Trinajstić information content (AvgIpc) is 3.31. The molecule has 1 aliphatic rings. The molecular weight excluding hydrogens is 434 g/mol. The van der Waals surface area contributed by atoms with Gasteiger partial charge in [-0.05, 0) is 43.2 Å². The standard InChI is InChI=1S/C26H27N3O5/c1-4-15-34-19-11-9-18(10-12-19)23-21(25(31)26(32)29(23)14-7-16-33-3)24(30)22-17(2)27-20-8-5-6-13-28(20)22/h4-6,8-13,23,30H,1,7,14-16H2,2-3H3/b24-21+. The van der Waals surface area contributed by atoms with Gasteiger partial charge in [-0.2, -0.15) is 0 Å². The van der Waals surface area contributed by atoms with Crippen LogP contribution >= 0.6 is 0 Å². The quantitative estimate of drug-likeness (QED) is 0.172. The summed E-state index contributed by atoms with van der Waals surface area (Å²) in [6, 6.07) is 11.9. The van der Waals surface area contributed by atoms with E-state index < -0.39 is 17.7 Å². The molecule has 0 saturated carbocycles. The number of ether oxygens (including phenoxy) is 2. The summed E-state index contributed by atoms with van der Waals surface area (Å²) < 4.78 is 12.4. The number of aliphatic hydroxyl groups is 1. The Morgan fingerprint density at radius 2 is 1.97 bits per heavy atom. The first-order chi connectivity index (χ1) is 16.5. The summed E-state index contributed by atoms with van der Waals surface area (Å²) in [5.74, 6) is -0.989. The van der Waals surface area contributed by atoms with E-state index in [1.54, 1.807) is 55.0 Å². The minimum atomic E-state index is -0.751. The summed E-state index contributed by atoms with van der Waals surface area (Å²) in [4.78, 5) is 32.3. The number of hydrogen-bond acceptors (Lipinski definition) is 6. The molecule has 1 aromatic carbocycles. The molecule has 8 nitrogen and oxygen atoms in total. The lowest BCUT2D eigenvalue weighted by molar-refractivity contribution is -0.140. The number of pyridine rings is 1. The number of likely N-dealkylation sites (tertiary alicyclic amines) is 1. The molecule has 1 aliphatic heterocycles. The number of rotatable bonds is 9. The number of methoxy groups -OCH3 is 1. The number of aromatic nitrogens is 2. The van der Waals surface area contributed by atoms with Crippen molar-refractivity contribution in [3.05, 3.63) is 83.8 Å². The van der Waals surface area contributed by atoms with Crippen molar-refractivity contribution >= 4 is 23.1 Å². The summed E-state index contributed by atoms with van der Waals surface area (Å²) in [5, 5.41) is 11.4. The third kappa shape index (κ3) is 4.20. The minimum Gasteiger partial charge on any atom is -0.505 e. The fraction of sp³-hybridized carbons (Fsp3) is 0.269. The van der Waals surface area contributed by atoms with Gasteiger partial charge in [-0.15, -0.1) is 0 Å². The summed E-state index contributed by atoms with van der Waals surface area (Å²) in [6.07, 6.45) is 3.96. The van der Waals surface area contributed by atoms with Gasteiger partial charge in [0.25, 0.3) is 11.7 Å². The first-order valence-corrected chi connectivity index (χ1v) is 11.0. The molecule has 0 bridgehead atoms. The van der Waals surface area contributed by atoms with Gasteiger partial charge in [0.1, 0.15) is 23.7 Å². The topological polar surface area (TPSA) is 93.4 Å². The van der Waals surface area contributed by atoms with Crippen LogP contribution in [0.5, 0.6) is 5.75 Å². The smallest absolute Gasteiger partial charge is 0.295 e. The highest BCUT2D eigenvalue weighted by Crippen LogP contribution is 2.40. The maximum absolute atomic E-state index is 13.2. The number of fused-ring (bicyclic) bond motifs is 1. The van der Waals surface area contributed by atoms with Gasteiger partial charge in [0.2, 0.25) is 0 Å². The Balaban J connectivity index is 1.84. The molecule has 1 saturated heterocycles. The Morgan fingerprint density at radius 1 is 1.21 bits per heavy atom. The Kier molecular flexibility index (Phi) is 6.79. The van der Waals surface area contributed by atoms with Crippen molar-refractivity contribution in [1.82, 2.24) is 14.3 Å². The Labute approximate surface area is 197 Å². The minimum absolute atomic E-state index is 0.0379. The molecule has 0 radical (unpaired) electrons. The zero-order chi connectivity index (χ0) is 24.2. The molecule has 34 heavy (non-hydrogen) atoms. The molecule has 3 aromatic rings. The highest BCUT2D eigenvalue weighted by molar-refractivity contribution is 6.46. The van der Waals surface area contributed by atoms with E-state index in [0.29, 0.717) is 54.5 Å². The second kappa shape index (κ2) is 9.93. The van der Waals surface area contributed by atoms with E-state index in [1.807, 2.05) is 18.2 Å². The second-order valence-corrected chi connectivity index (χ2v) is 7.98.